The van der Waals surface area contributed by atoms with Gasteiger partial charge in [0, 0.05) is 5.38 Å². The van der Waals surface area contributed by atoms with Gasteiger partial charge in [-0.15, -0.1) is 11.6 Å². The molecule has 0 N–H and O–H groups in total. The van der Waals surface area contributed by atoms with E-state index in [4.69, 9.17) is 11.6 Å². The summed E-state index contributed by atoms with van der Waals surface area (Å²) in [5, 5.41) is 0.463. The molecule has 3 atom stereocenters. The highest BCUT2D eigenvalue weighted by Gasteiger charge is 2.33. The van der Waals surface area contributed by atoms with Crippen LogP contribution in [-0.4, -0.2) is 5.38 Å². The Balaban J connectivity index is 2.23. The van der Waals surface area contributed by atoms with Crippen molar-refractivity contribution < 1.29 is 0 Å². The van der Waals surface area contributed by atoms with Crippen molar-refractivity contribution in [3.63, 3.8) is 0 Å². The van der Waals surface area contributed by atoms with Gasteiger partial charge in [0.2, 0.25) is 0 Å². The van der Waals surface area contributed by atoms with Crippen LogP contribution in [0.25, 0.3) is 0 Å². The Morgan fingerprint density at radius 3 is 2.38 bits per heavy atom. The minimum absolute atomic E-state index is 0.463. The fourth-order valence-electron chi connectivity index (χ4n) is 1.71. The van der Waals surface area contributed by atoms with E-state index in [0.29, 0.717) is 5.38 Å². The van der Waals surface area contributed by atoms with E-state index < -0.39 is 0 Å². The minimum atomic E-state index is 0.463. The van der Waals surface area contributed by atoms with E-state index in [2.05, 4.69) is 12.2 Å². The summed E-state index contributed by atoms with van der Waals surface area (Å²) in [7, 11) is 0. The molecule has 1 heteroatoms. The third-order valence-electron chi connectivity index (χ3n) is 2.20. The molecule has 2 bridgehead atoms. The van der Waals surface area contributed by atoms with Crippen molar-refractivity contribution in [2.45, 2.75) is 18.2 Å². The first-order chi connectivity index (χ1) is 3.86. The fraction of sp³-hybridized carbons (Fsp3) is 0.714. The zero-order chi connectivity index (χ0) is 5.56. The molecule has 8 heavy (non-hydrogen) atoms. The summed E-state index contributed by atoms with van der Waals surface area (Å²) in [6.07, 6.45) is 7.13. The van der Waals surface area contributed by atoms with Crippen molar-refractivity contribution in [1.29, 1.82) is 0 Å². The van der Waals surface area contributed by atoms with E-state index in [1.165, 1.54) is 12.8 Å². The van der Waals surface area contributed by atoms with Gasteiger partial charge in [-0.05, 0) is 24.7 Å². The molecule has 0 heterocycles. The predicted octanol–water partition coefficient (Wildman–Crippen LogP) is 2.19. The molecule has 1 fully saturated rings. The van der Waals surface area contributed by atoms with Crippen molar-refractivity contribution in [1.82, 2.24) is 0 Å². The van der Waals surface area contributed by atoms with Crippen molar-refractivity contribution in [3.8, 4) is 0 Å². The zero-order valence-corrected chi connectivity index (χ0v) is 5.43. The monoisotopic (exact) mass is 128 g/mol. The smallest absolute Gasteiger partial charge is 0.0404 e. The number of rotatable bonds is 0. The highest BCUT2D eigenvalue weighted by Crippen LogP contribution is 2.41. The first-order valence-corrected chi connectivity index (χ1v) is 3.62. The number of halogens is 1. The van der Waals surface area contributed by atoms with Crippen LogP contribution >= 0.6 is 11.6 Å². The van der Waals surface area contributed by atoms with Crippen LogP contribution in [0.3, 0.4) is 0 Å². The van der Waals surface area contributed by atoms with Gasteiger partial charge >= 0.3 is 0 Å². The highest BCUT2D eigenvalue weighted by molar-refractivity contribution is 6.21. The van der Waals surface area contributed by atoms with E-state index >= 15 is 0 Å². The average molecular weight is 129 g/mol. The molecular formula is C7H9Cl. The third-order valence-corrected chi connectivity index (χ3v) is 2.70. The van der Waals surface area contributed by atoms with Crippen LogP contribution in [-0.2, 0) is 0 Å². The fourth-order valence-corrected chi connectivity index (χ4v) is 2.13. The highest BCUT2D eigenvalue weighted by atomic mass is 35.5. The Labute approximate surface area is 54.5 Å². The number of alkyl halides is 1. The number of allylic oxidation sites excluding steroid dienone is 2. The van der Waals surface area contributed by atoms with E-state index in [0.717, 1.165) is 11.8 Å². The lowest BCUT2D eigenvalue weighted by molar-refractivity contribution is 0.692. The van der Waals surface area contributed by atoms with Gasteiger partial charge in [-0.25, -0.2) is 0 Å². The Hall–Kier alpha value is 0.0300. The van der Waals surface area contributed by atoms with Gasteiger partial charge in [-0.3, -0.25) is 0 Å². The molecule has 1 saturated carbocycles. The van der Waals surface area contributed by atoms with E-state index in [1.54, 1.807) is 0 Å². The SMILES string of the molecule is Cl[C@H]1C[C@@H]2C=C[C@H]1C2. The van der Waals surface area contributed by atoms with Crippen LogP contribution in [0.4, 0.5) is 0 Å². The molecule has 0 aromatic heterocycles. The molecule has 0 radical (unpaired) electrons. The van der Waals surface area contributed by atoms with Gasteiger partial charge < -0.3 is 0 Å². The second kappa shape index (κ2) is 1.51. The first kappa shape index (κ1) is 4.87. The van der Waals surface area contributed by atoms with Crippen molar-refractivity contribution in [2.24, 2.45) is 11.8 Å². The summed E-state index contributed by atoms with van der Waals surface area (Å²) in [5.74, 6) is 1.56. The number of fused-ring (bicyclic) bond motifs is 2. The Morgan fingerprint density at radius 1 is 1.25 bits per heavy atom. The quantitative estimate of drug-likeness (QED) is 0.347. The lowest BCUT2D eigenvalue weighted by Gasteiger charge is -2.07. The molecule has 0 amide bonds. The number of hydrogen-bond acceptors (Lipinski definition) is 0. The summed E-state index contributed by atoms with van der Waals surface area (Å²) < 4.78 is 0. The summed E-state index contributed by atoms with van der Waals surface area (Å²) in [6.45, 7) is 0. The summed E-state index contributed by atoms with van der Waals surface area (Å²) >= 11 is 5.96. The first-order valence-electron chi connectivity index (χ1n) is 3.18. The van der Waals surface area contributed by atoms with Gasteiger partial charge in [-0.1, -0.05) is 12.2 Å². The molecule has 0 aromatic rings. The van der Waals surface area contributed by atoms with Gasteiger partial charge in [-0.2, -0.15) is 0 Å². The molecule has 2 aliphatic rings. The minimum Gasteiger partial charge on any atom is -0.122 e. The molecule has 2 rings (SSSR count). The molecule has 0 saturated heterocycles. The van der Waals surface area contributed by atoms with Crippen LogP contribution in [0.2, 0.25) is 0 Å². The van der Waals surface area contributed by atoms with Gasteiger partial charge in [0.1, 0.15) is 0 Å². The molecular weight excluding hydrogens is 120 g/mol. The van der Waals surface area contributed by atoms with E-state index in [1.807, 2.05) is 0 Å². The van der Waals surface area contributed by atoms with Crippen LogP contribution in [0.15, 0.2) is 12.2 Å². The molecule has 2 aliphatic carbocycles. The average Bonchev–Trinajstić information content (AvgIpc) is 2.23. The van der Waals surface area contributed by atoms with Crippen molar-refractivity contribution >= 4 is 11.6 Å². The second-order valence-corrected chi connectivity index (χ2v) is 3.36. The standard InChI is InChI=1S/C7H9Cl/c8-7-4-5-1-2-6(7)3-5/h1-2,5-7H,3-4H2/t5-,6+,7+/m1/s1. The van der Waals surface area contributed by atoms with Crippen molar-refractivity contribution in [2.75, 3.05) is 0 Å². The molecule has 0 aromatic carbocycles. The maximum Gasteiger partial charge on any atom is 0.0404 e. The number of hydrogen-bond donors (Lipinski definition) is 0. The Bertz CT molecular complexity index is 128. The Kier molecular flexibility index (Phi) is 0.916. The summed E-state index contributed by atoms with van der Waals surface area (Å²) in [5.41, 5.74) is 0. The molecule has 0 nitrogen and oxygen atoms in total. The van der Waals surface area contributed by atoms with Crippen molar-refractivity contribution in [3.05, 3.63) is 12.2 Å². The predicted molar refractivity (Wildman–Crippen MR) is 35.0 cm³/mol. The zero-order valence-electron chi connectivity index (χ0n) is 4.68. The van der Waals surface area contributed by atoms with Gasteiger partial charge in [0.15, 0.2) is 0 Å². The summed E-state index contributed by atoms with van der Waals surface area (Å²) in [4.78, 5) is 0. The van der Waals surface area contributed by atoms with Crippen LogP contribution in [0, 0.1) is 11.8 Å². The Morgan fingerprint density at radius 2 is 2.12 bits per heavy atom. The van der Waals surface area contributed by atoms with Gasteiger partial charge in [0.25, 0.3) is 0 Å². The topological polar surface area (TPSA) is 0 Å². The second-order valence-electron chi connectivity index (χ2n) is 2.80. The third kappa shape index (κ3) is 0.526. The van der Waals surface area contributed by atoms with E-state index in [9.17, 15) is 0 Å². The molecule has 44 valence electrons. The van der Waals surface area contributed by atoms with Crippen LogP contribution in [0.5, 0.6) is 0 Å². The van der Waals surface area contributed by atoms with E-state index in [-0.39, 0.29) is 0 Å². The van der Waals surface area contributed by atoms with Crippen LogP contribution < -0.4 is 0 Å². The lowest BCUT2D eigenvalue weighted by atomic mass is 10.1. The summed E-state index contributed by atoms with van der Waals surface area (Å²) in [6, 6.07) is 0. The van der Waals surface area contributed by atoms with Gasteiger partial charge in [0.05, 0.1) is 0 Å². The van der Waals surface area contributed by atoms with Crippen LogP contribution in [0.1, 0.15) is 12.8 Å². The molecule has 0 aliphatic heterocycles. The normalized spacial score (nSPS) is 50.9. The lowest BCUT2D eigenvalue weighted by Crippen LogP contribution is -2.03. The maximum atomic E-state index is 5.96. The maximum absolute atomic E-state index is 5.96. The molecule has 0 spiro atoms. The molecule has 0 unspecified atom stereocenters. The largest absolute Gasteiger partial charge is 0.122 e.